The zero-order chi connectivity index (χ0) is 15.5. The molecule has 1 saturated heterocycles. The highest BCUT2D eigenvalue weighted by molar-refractivity contribution is 5.98. The van der Waals surface area contributed by atoms with Crippen LogP contribution < -0.4 is 5.32 Å². The van der Waals surface area contributed by atoms with Gasteiger partial charge in [0.1, 0.15) is 0 Å². The van der Waals surface area contributed by atoms with Crippen LogP contribution in [0.2, 0.25) is 0 Å². The lowest BCUT2D eigenvalue weighted by atomic mass is 10.0. The topological polar surface area (TPSA) is 66.5 Å². The van der Waals surface area contributed by atoms with Crippen molar-refractivity contribution in [1.29, 1.82) is 0 Å². The first-order chi connectivity index (χ1) is 10.6. The van der Waals surface area contributed by atoms with Gasteiger partial charge in [-0.1, -0.05) is 12.1 Å². The van der Waals surface area contributed by atoms with E-state index in [0.29, 0.717) is 18.7 Å². The Balaban J connectivity index is 1.55. The molecule has 0 spiro atoms. The average Bonchev–Trinajstić information content (AvgIpc) is 2.99. The molecule has 0 unspecified atom stereocenters. The summed E-state index contributed by atoms with van der Waals surface area (Å²) in [5, 5.41) is 2.68. The maximum Gasteiger partial charge on any atom is 0.239 e. The summed E-state index contributed by atoms with van der Waals surface area (Å²) in [7, 11) is 0. The van der Waals surface area contributed by atoms with Gasteiger partial charge in [0.25, 0.3) is 0 Å². The molecule has 1 heterocycles. The Hall–Kier alpha value is -2.17. The van der Waals surface area contributed by atoms with E-state index in [0.717, 1.165) is 19.3 Å². The number of ketones is 1. The molecule has 116 valence electrons. The quantitative estimate of drug-likeness (QED) is 0.847. The van der Waals surface area contributed by atoms with Gasteiger partial charge in [-0.15, -0.1) is 0 Å². The Kier molecular flexibility index (Phi) is 4.22. The van der Waals surface area contributed by atoms with Crippen molar-refractivity contribution in [3.8, 4) is 0 Å². The van der Waals surface area contributed by atoms with Gasteiger partial charge in [-0.05, 0) is 36.5 Å². The molecule has 0 bridgehead atoms. The SMILES string of the molecule is O=C1CN(C(=O)CCC(=O)c2ccc3c(c2)CCC3)CCN1. The molecule has 0 aromatic heterocycles. The number of fused-ring (bicyclic) bond motifs is 1. The van der Waals surface area contributed by atoms with Crippen LogP contribution in [0.4, 0.5) is 0 Å². The zero-order valence-electron chi connectivity index (χ0n) is 12.6. The number of nitrogens with one attached hydrogen (secondary N) is 1. The summed E-state index contributed by atoms with van der Waals surface area (Å²) in [5.74, 6) is -0.251. The van der Waals surface area contributed by atoms with Gasteiger partial charge in [-0.3, -0.25) is 14.4 Å². The molecule has 3 rings (SSSR count). The van der Waals surface area contributed by atoms with Gasteiger partial charge in [-0.25, -0.2) is 0 Å². The highest BCUT2D eigenvalue weighted by atomic mass is 16.2. The lowest BCUT2D eigenvalue weighted by molar-refractivity contribution is -0.138. The normalized spacial score (nSPS) is 17.1. The van der Waals surface area contributed by atoms with Gasteiger partial charge in [0, 0.05) is 31.5 Å². The lowest BCUT2D eigenvalue weighted by Crippen LogP contribution is -2.50. The summed E-state index contributed by atoms with van der Waals surface area (Å²) in [5.41, 5.74) is 3.31. The van der Waals surface area contributed by atoms with Gasteiger partial charge < -0.3 is 10.2 Å². The van der Waals surface area contributed by atoms with Crippen molar-refractivity contribution in [2.24, 2.45) is 0 Å². The molecular formula is C17H20N2O3. The van der Waals surface area contributed by atoms with E-state index in [9.17, 15) is 14.4 Å². The predicted octanol–water partition coefficient (Wildman–Crippen LogP) is 1.10. The minimum Gasteiger partial charge on any atom is -0.353 e. The maximum absolute atomic E-state index is 12.2. The highest BCUT2D eigenvalue weighted by Gasteiger charge is 2.22. The molecule has 0 atom stereocenters. The fourth-order valence-electron chi connectivity index (χ4n) is 3.12. The first-order valence-electron chi connectivity index (χ1n) is 7.83. The van der Waals surface area contributed by atoms with E-state index < -0.39 is 0 Å². The van der Waals surface area contributed by atoms with Crippen LogP contribution in [0.3, 0.4) is 0 Å². The van der Waals surface area contributed by atoms with Gasteiger partial charge in [0.05, 0.1) is 6.54 Å². The number of piperazine rings is 1. The third-order valence-electron chi connectivity index (χ3n) is 4.38. The number of benzene rings is 1. The Morgan fingerprint density at radius 2 is 1.95 bits per heavy atom. The van der Waals surface area contributed by atoms with E-state index in [1.807, 2.05) is 18.2 Å². The second-order valence-electron chi connectivity index (χ2n) is 5.93. The van der Waals surface area contributed by atoms with Crippen LogP contribution in [0, 0.1) is 0 Å². The molecule has 22 heavy (non-hydrogen) atoms. The summed E-state index contributed by atoms with van der Waals surface area (Å²) in [6.45, 7) is 1.12. The van der Waals surface area contributed by atoms with Crippen LogP contribution in [-0.2, 0) is 22.4 Å². The Morgan fingerprint density at radius 3 is 2.77 bits per heavy atom. The molecule has 0 saturated carbocycles. The molecule has 5 nitrogen and oxygen atoms in total. The van der Waals surface area contributed by atoms with Crippen LogP contribution >= 0.6 is 0 Å². The minimum absolute atomic E-state index is 0.00418. The number of Topliss-reactive ketones (excluding diaryl/α,β-unsaturated/α-hetero) is 1. The molecule has 5 heteroatoms. The first-order valence-corrected chi connectivity index (χ1v) is 7.83. The zero-order valence-corrected chi connectivity index (χ0v) is 12.6. The fourth-order valence-corrected chi connectivity index (χ4v) is 3.12. The predicted molar refractivity (Wildman–Crippen MR) is 81.6 cm³/mol. The number of nitrogens with zero attached hydrogens (tertiary/aromatic N) is 1. The van der Waals surface area contributed by atoms with Crippen molar-refractivity contribution < 1.29 is 14.4 Å². The summed E-state index contributed by atoms with van der Waals surface area (Å²) < 4.78 is 0. The van der Waals surface area contributed by atoms with Crippen LogP contribution in [0.5, 0.6) is 0 Å². The van der Waals surface area contributed by atoms with Crippen molar-refractivity contribution in [3.05, 3.63) is 34.9 Å². The molecule has 1 fully saturated rings. The van der Waals surface area contributed by atoms with Crippen molar-refractivity contribution >= 4 is 17.6 Å². The molecular weight excluding hydrogens is 280 g/mol. The Bertz CT molecular complexity index is 624. The van der Waals surface area contributed by atoms with Crippen molar-refractivity contribution in [2.45, 2.75) is 32.1 Å². The number of rotatable bonds is 4. The summed E-state index contributed by atoms with van der Waals surface area (Å²) in [6, 6.07) is 5.88. The lowest BCUT2D eigenvalue weighted by Gasteiger charge is -2.26. The first kappa shape index (κ1) is 14.8. The molecule has 1 aromatic carbocycles. The fraction of sp³-hybridized carbons (Fsp3) is 0.471. The number of carbonyl (C=O) groups excluding carboxylic acids is 3. The average molecular weight is 300 g/mol. The number of carbonyl (C=O) groups is 3. The summed E-state index contributed by atoms with van der Waals surface area (Å²) >= 11 is 0. The van der Waals surface area contributed by atoms with Gasteiger partial charge >= 0.3 is 0 Å². The van der Waals surface area contributed by atoms with Crippen LogP contribution in [-0.4, -0.2) is 42.1 Å². The maximum atomic E-state index is 12.2. The Morgan fingerprint density at radius 1 is 1.14 bits per heavy atom. The van der Waals surface area contributed by atoms with Crippen LogP contribution in [0.1, 0.15) is 40.7 Å². The van der Waals surface area contributed by atoms with Crippen LogP contribution in [0.15, 0.2) is 18.2 Å². The molecule has 0 radical (unpaired) electrons. The van der Waals surface area contributed by atoms with Gasteiger partial charge in [0.2, 0.25) is 11.8 Å². The molecule has 2 amide bonds. The third-order valence-corrected chi connectivity index (χ3v) is 4.38. The molecule has 1 N–H and O–H groups in total. The highest BCUT2D eigenvalue weighted by Crippen LogP contribution is 2.23. The monoisotopic (exact) mass is 300 g/mol. The van der Waals surface area contributed by atoms with E-state index in [1.165, 1.54) is 16.0 Å². The standard InChI is InChI=1S/C17H20N2O3/c20-15(14-5-4-12-2-1-3-13(12)10-14)6-7-17(22)19-9-8-18-16(21)11-19/h4-5,10H,1-3,6-9,11H2,(H,18,21). The van der Waals surface area contributed by atoms with E-state index in [-0.39, 0.29) is 37.0 Å². The minimum atomic E-state index is -0.135. The van der Waals surface area contributed by atoms with E-state index in [1.54, 1.807) is 0 Å². The molecule has 1 aliphatic heterocycles. The summed E-state index contributed by atoms with van der Waals surface area (Å²) in [6.07, 6.45) is 3.67. The van der Waals surface area contributed by atoms with Crippen molar-refractivity contribution in [1.82, 2.24) is 10.2 Å². The molecule has 1 aliphatic carbocycles. The second kappa shape index (κ2) is 6.30. The van der Waals surface area contributed by atoms with Crippen molar-refractivity contribution in [3.63, 3.8) is 0 Å². The van der Waals surface area contributed by atoms with Gasteiger partial charge in [-0.2, -0.15) is 0 Å². The van der Waals surface area contributed by atoms with E-state index >= 15 is 0 Å². The van der Waals surface area contributed by atoms with Crippen LogP contribution in [0.25, 0.3) is 0 Å². The largest absolute Gasteiger partial charge is 0.353 e. The van der Waals surface area contributed by atoms with Crippen molar-refractivity contribution in [2.75, 3.05) is 19.6 Å². The van der Waals surface area contributed by atoms with Gasteiger partial charge in [0.15, 0.2) is 5.78 Å². The number of amides is 2. The number of aryl methyl sites for hydroxylation is 2. The van der Waals surface area contributed by atoms with E-state index in [2.05, 4.69) is 5.32 Å². The number of hydrogen-bond donors (Lipinski definition) is 1. The second-order valence-corrected chi connectivity index (χ2v) is 5.93. The molecule has 2 aliphatic rings. The number of hydrogen-bond acceptors (Lipinski definition) is 3. The van der Waals surface area contributed by atoms with E-state index in [4.69, 9.17) is 0 Å². The third kappa shape index (κ3) is 3.18. The summed E-state index contributed by atoms with van der Waals surface area (Å²) in [4.78, 5) is 37.1. The Labute approximate surface area is 129 Å². The molecule has 1 aromatic rings. The smallest absolute Gasteiger partial charge is 0.239 e.